The van der Waals surface area contributed by atoms with Crippen LogP contribution in [0.2, 0.25) is 0 Å². The van der Waals surface area contributed by atoms with Crippen molar-refractivity contribution in [1.82, 2.24) is 9.88 Å². The lowest BCUT2D eigenvalue weighted by Gasteiger charge is -2.17. The summed E-state index contributed by atoms with van der Waals surface area (Å²) in [5.41, 5.74) is 3.78. The van der Waals surface area contributed by atoms with Crippen molar-refractivity contribution in [2.24, 2.45) is 0 Å². The van der Waals surface area contributed by atoms with Crippen molar-refractivity contribution in [1.29, 1.82) is 0 Å². The number of anilines is 1. The number of pyridine rings is 1. The van der Waals surface area contributed by atoms with E-state index in [0.29, 0.717) is 6.04 Å². The Bertz CT molecular complexity index is 568. The van der Waals surface area contributed by atoms with Crippen LogP contribution >= 0.6 is 0 Å². The summed E-state index contributed by atoms with van der Waals surface area (Å²) in [7, 11) is 0. The quantitative estimate of drug-likeness (QED) is 0.912. The summed E-state index contributed by atoms with van der Waals surface area (Å²) in [5, 5.41) is 3.61. The lowest BCUT2D eigenvalue weighted by Crippen LogP contribution is -2.27. The molecule has 1 aliphatic heterocycles. The predicted octanol–water partition coefficient (Wildman–Crippen LogP) is 3.12. The monoisotopic (exact) mass is 281 g/mol. The van der Waals surface area contributed by atoms with Gasteiger partial charge in [-0.1, -0.05) is 30.3 Å². The zero-order chi connectivity index (χ0) is 14.5. The number of nitrogens with zero attached hydrogens (tertiary/aromatic N) is 2. The largest absolute Gasteiger partial charge is 0.380 e. The summed E-state index contributed by atoms with van der Waals surface area (Å²) in [6, 6.07) is 13.5. The highest BCUT2D eigenvalue weighted by Gasteiger charge is 2.21. The molecule has 0 saturated carbocycles. The molecule has 1 fully saturated rings. The maximum atomic E-state index is 4.25. The van der Waals surface area contributed by atoms with Crippen LogP contribution in [0.4, 0.5) is 5.69 Å². The molecule has 0 spiro atoms. The van der Waals surface area contributed by atoms with Gasteiger partial charge in [-0.25, -0.2) is 0 Å². The van der Waals surface area contributed by atoms with Gasteiger partial charge in [-0.2, -0.15) is 0 Å². The smallest absolute Gasteiger partial charge is 0.0531 e. The summed E-state index contributed by atoms with van der Waals surface area (Å²) in [6.45, 7) is 5.54. The summed E-state index contributed by atoms with van der Waals surface area (Å²) in [5.74, 6) is 0. The first kappa shape index (κ1) is 14.1. The predicted molar refractivity (Wildman–Crippen MR) is 87.6 cm³/mol. The molecule has 1 saturated heterocycles. The molecule has 21 heavy (non-hydrogen) atoms. The number of hydrogen-bond donors (Lipinski definition) is 1. The molecule has 1 aromatic heterocycles. The second-order valence-electron chi connectivity index (χ2n) is 5.92. The van der Waals surface area contributed by atoms with Crippen LogP contribution < -0.4 is 5.32 Å². The van der Waals surface area contributed by atoms with Crippen LogP contribution in [-0.2, 0) is 6.42 Å². The van der Waals surface area contributed by atoms with Gasteiger partial charge in [-0.15, -0.1) is 0 Å². The normalized spacial score (nSPS) is 18.8. The highest BCUT2D eigenvalue weighted by Crippen LogP contribution is 2.16. The Morgan fingerprint density at radius 3 is 2.90 bits per heavy atom. The highest BCUT2D eigenvalue weighted by atomic mass is 15.2. The number of aryl methyl sites for hydroxylation is 1. The highest BCUT2D eigenvalue weighted by molar-refractivity contribution is 5.43. The zero-order valence-electron chi connectivity index (χ0n) is 12.6. The molecular weight excluding hydrogens is 258 g/mol. The van der Waals surface area contributed by atoms with E-state index in [9.17, 15) is 0 Å². The third kappa shape index (κ3) is 4.05. The van der Waals surface area contributed by atoms with Gasteiger partial charge >= 0.3 is 0 Å². The third-order valence-electron chi connectivity index (χ3n) is 4.08. The third-order valence-corrected chi connectivity index (χ3v) is 4.08. The molecule has 2 heterocycles. The van der Waals surface area contributed by atoms with Crippen molar-refractivity contribution in [3.63, 3.8) is 0 Å². The van der Waals surface area contributed by atoms with Crippen LogP contribution in [0.3, 0.4) is 0 Å². The second-order valence-corrected chi connectivity index (χ2v) is 5.92. The van der Waals surface area contributed by atoms with E-state index in [-0.39, 0.29) is 0 Å². The Balaban J connectivity index is 1.47. The standard InChI is InChI=1S/C18H23N3/c1-15-11-18(13-19-12-15)20-17-8-10-21(14-17)9-7-16-5-3-2-4-6-16/h2-6,11-13,17,20H,7-10,14H2,1H3. The Labute approximate surface area is 127 Å². The molecule has 0 aliphatic carbocycles. The molecule has 1 atom stereocenters. The minimum Gasteiger partial charge on any atom is -0.380 e. The van der Waals surface area contributed by atoms with Gasteiger partial charge in [-0.3, -0.25) is 4.98 Å². The molecule has 0 bridgehead atoms. The molecule has 1 N–H and O–H groups in total. The fraction of sp³-hybridized carbons (Fsp3) is 0.389. The molecule has 3 nitrogen and oxygen atoms in total. The Kier molecular flexibility index (Phi) is 4.51. The van der Waals surface area contributed by atoms with E-state index in [1.54, 1.807) is 0 Å². The van der Waals surface area contributed by atoms with Crippen LogP contribution in [0.25, 0.3) is 0 Å². The van der Waals surface area contributed by atoms with Crippen LogP contribution in [0.1, 0.15) is 17.5 Å². The molecular formula is C18H23N3. The number of aromatic nitrogens is 1. The molecule has 1 unspecified atom stereocenters. The van der Waals surface area contributed by atoms with Gasteiger partial charge in [-0.05, 0) is 37.0 Å². The maximum absolute atomic E-state index is 4.25. The minimum absolute atomic E-state index is 0.546. The molecule has 2 aromatic rings. The lowest BCUT2D eigenvalue weighted by atomic mass is 10.1. The van der Waals surface area contributed by atoms with Gasteiger partial charge in [0, 0.05) is 38.1 Å². The topological polar surface area (TPSA) is 28.2 Å². The van der Waals surface area contributed by atoms with Crippen LogP contribution in [0.15, 0.2) is 48.8 Å². The fourth-order valence-electron chi connectivity index (χ4n) is 2.96. The van der Waals surface area contributed by atoms with Crippen LogP contribution in [-0.4, -0.2) is 35.6 Å². The van der Waals surface area contributed by atoms with E-state index in [0.717, 1.165) is 25.2 Å². The molecule has 1 aromatic carbocycles. The van der Waals surface area contributed by atoms with Gasteiger partial charge < -0.3 is 10.2 Å². The van der Waals surface area contributed by atoms with Crippen molar-refractivity contribution in [2.75, 3.05) is 25.0 Å². The van der Waals surface area contributed by atoms with Gasteiger partial charge in [0.15, 0.2) is 0 Å². The van der Waals surface area contributed by atoms with Crippen molar-refractivity contribution < 1.29 is 0 Å². The summed E-state index contributed by atoms with van der Waals surface area (Å²) < 4.78 is 0. The lowest BCUT2D eigenvalue weighted by molar-refractivity contribution is 0.341. The second kappa shape index (κ2) is 6.72. The van der Waals surface area contributed by atoms with Gasteiger partial charge in [0.1, 0.15) is 0 Å². The number of rotatable bonds is 5. The van der Waals surface area contributed by atoms with Crippen molar-refractivity contribution in [3.05, 3.63) is 59.9 Å². The first-order valence-corrected chi connectivity index (χ1v) is 7.74. The molecule has 3 heteroatoms. The van der Waals surface area contributed by atoms with Crippen molar-refractivity contribution >= 4 is 5.69 Å². The van der Waals surface area contributed by atoms with Crippen LogP contribution in [0, 0.1) is 6.92 Å². The summed E-state index contributed by atoms with van der Waals surface area (Å²) in [6.07, 6.45) is 6.16. The van der Waals surface area contributed by atoms with E-state index in [2.05, 4.69) is 58.5 Å². The van der Waals surface area contributed by atoms with Crippen molar-refractivity contribution in [2.45, 2.75) is 25.8 Å². The maximum Gasteiger partial charge on any atom is 0.0531 e. The van der Waals surface area contributed by atoms with Crippen molar-refractivity contribution in [3.8, 4) is 0 Å². The van der Waals surface area contributed by atoms with E-state index in [4.69, 9.17) is 0 Å². The number of likely N-dealkylation sites (tertiary alicyclic amines) is 1. The fourth-order valence-corrected chi connectivity index (χ4v) is 2.96. The van der Waals surface area contributed by atoms with E-state index >= 15 is 0 Å². The minimum atomic E-state index is 0.546. The first-order chi connectivity index (χ1) is 10.3. The number of hydrogen-bond acceptors (Lipinski definition) is 3. The van der Waals surface area contributed by atoms with Crippen LogP contribution in [0.5, 0.6) is 0 Å². The van der Waals surface area contributed by atoms with Gasteiger partial charge in [0.05, 0.1) is 5.69 Å². The molecule has 0 amide bonds. The van der Waals surface area contributed by atoms with Gasteiger partial charge in [0.25, 0.3) is 0 Å². The summed E-state index contributed by atoms with van der Waals surface area (Å²) >= 11 is 0. The summed E-state index contributed by atoms with van der Waals surface area (Å²) in [4.78, 5) is 6.79. The SMILES string of the molecule is Cc1cncc(NC2CCN(CCc3ccccc3)C2)c1. The van der Waals surface area contributed by atoms with E-state index in [1.807, 2.05) is 12.4 Å². The Hall–Kier alpha value is -1.87. The Morgan fingerprint density at radius 1 is 1.24 bits per heavy atom. The number of benzene rings is 1. The number of nitrogens with one attached hydrogen (secondary N) is 1. The Morgan fingerprint density at radius 2 is 2.10 bits per heavy atom. The van der Waals surface area contributed by atoms with E-state index in [1.165, 1.54) is 24.1 Å². The first-order valence-electron chi connectivity index (χ1n) is 7.74. The molecule has 3 rings (SSSR count). The zero-order valence-corrected chi connectivity index (χ0v) is 12.6. The average molecular weight is 281 g/mol. The molecule has 1 aliphatic rings. The molecule has 0 radical (unpaired) electrons. The average Bonchev–Trinajstić information content (AvgIpc) is 2.94. The van der Waals surface area contributed by atoms with Gasteiger partial charge in [0.2, 0.25) is 0 Å². The molecule has 110 valence electrons. The van der Waals surface area contributed by atoms with E-state index < -0.39 is 0 Å².